The molecular formula is C10H12Br2ClNOS. The van der Waals surface area contributed by atoms with Crippen molar-refractivity contribution in [3.05, 3.63) is 19.2 Å². The van der Waals surface area contributed by atoms with Crippen molar-refractivity contribution in [3.63, 3.8) is 0 Å². The molecule has 0 spiro atoms. The number of halogens is 3. The first-order chi connectivity index (χ1) is 7.41. The van der Waals surface area contributed by atoms with Gasteiger partial charge in [-0.05, 0) is 51.3 Å². The van der Waals surface area contributed by atoms with E-state index in [0.29, 0.717) is 11.4 Å². The maximum absolute atomic E-state index is 12.0. The summed E-state index contributed by atoms with van der Waals surface area (Å²) in [4.78, 5) is 12.0. The molecule has 0 aliphatic carbocycles. The predicted molar refractivity (Wildman–Crippen MR) is 76.6 cm³/mol. The summed E-state index contributed by atoms with van der Waals surface area (Å²) in [5, 5.41) is 2.95. The molecule has 1 amide bonds. The average molecular weight is 390 g/mol. The minimum atomic E-state index is -0.355. The lowest BCUT2D eigenvalue weighted by atomic mass is 10.0. The van der Waals surface area contributed by atoms with Crippen molar-refractivity contribution in [1.29, 1.82) is 0 Å². The van der Waals surface area contributed by atoms with E-state index >= 15 is 0 Å². The van der Waals surface area contributed by atoms with Gasteiger partial charge < -0.3 is 5.32 Å². The van der Waals surface area contributed by atoms with Gasteiger partial charge in [0, 0.05) is 5.88 Å². The maximum atomic E-state index is 12.0. The summed E-state index contributed by atoms with van der Waals surface area (Å²) in [5.74, 6) is 0.303. The highest BCUT2D eigenvalue weighted by atomic mass is 79.9. The monoisotopic (exact) mass is 387 g/mol. The van der Waals surface area contributed by atoms with Gasteiger partial charge in [0.2, 0.25) is 0 Å². The minimum Gasteiger partial charge on any atom is -0.346 e. The maximum Gasteiger partial charge on any atom is 0.253 e. The zero-order chi connectivity index (χ0) is 12.3. The fraction of sp³-hybridized carbons (Fsp3) is 0.500. The summed E-state index contributed by atoms with van der Waals surface area (Å²) in [6, 6.07) is 1.80. The molecule has 1 atom stereocenters. The molecule has 0 aliphatic rings. The molecule has 16 heavy (non-hydrogen) atoms. The molecule has 1 N–H and O–H groups in total. The number of hydrogen-bond acceptors (Lipinski definition) is 2. The van der Waals surface area contributed by atoms with E-state index in [4.69, 9.17) is 11.6 Å². The minimum absolute atomic E-state index is 0.0983. The summed E-state index contributed by atoms with van der Waals surface area (Å²) >= 11 is 14.0. The van der Waals surface area contributed by atoms with E-state index in [0.717, 1.165) is 14.0 Å². The molecule has 0 saturated heterocycles. The highest BCUT2D eigenvalue weighted by Gasteiger charge is 2.25. The predicted octanol–water partition coefficient (Wildman–Crippen LogP) is 4.41. The molecule has 0 aromatic carbocycles. The molecule has 0 saturated carbocycles. The van der Waals surface area contributed by atoms with E-state index in [-0.39, 0.29) is 11.4 Å². The van der Waals surface area contributed by atoms with Crippen molar-refractivity contribution >= 4 is 60.7 Å². The standard InChI is InChI=1S/C10H12Br2ClNOS/c1-3-10(2,5-13)14-9(15)6-4-7(11)16-8(6)12/h4H,3,5H2,1-2H3,(H,14,15). The molecule has 1 rings (SSSR count). The number of thiophene rings is 1. The lowest BCUT2D eigenvalue weighted by Crippen LogP contribution is -2.47. The van der Waals surface area contributed by atoms with E-state index in [2.05, 4.69) is 37.2 Å². The Morgan fingerprint density at radius 3 is 2.62 bits per heavy atom. The number of carbonyl (C=O) groups excluding carboxylic acids is 1. The molecule has 0 fully saturated rings. The largest absolute Gasteiger partial charge is 0.346 e. The van der Waals surface area contributed by atoms with Crippen LogP contribution in [0.25, 0.3) is 0 Å². The molecule has 1 heterocycles. The number of amides is 1. The molecular weight excluding hydrogens is 377 g/mol. The van der Waals surface area contributed by atoms with Gasteiger partial charge in [-0.15, -0.1) is 22.9 Å². The van der Waals surface area contributed by atoms with Gasteiger partial charge >= 0.3 is 0 Å². The molecule has 6 heteroatoms. The van der Waals surface area contributed by atoms with Gasteiger partial charge in [0.25, 0.3) is 5.91 Å². The van der Waals surface area contributed by atoms with Crippen molar-refractivity contribution in [2.45, 2.75) is 25.8 Å². The van der Waals surface area contributed by atoms with Crippen molar-refractivity contribution in [3.8, 4) is 0 Å². The highest BCUT2D eigenvalue weighted by molar-refractivity contribution is 9.12. The van der Waals surface area contributed by atoms with Crippen LogP contribution in [-0.4, -0.2) is 17.3 Å². The Morgan fingerprint density at radius 1 is 1.62 bits per heavy atom. The van der Waals surface area contributed by atoms with Crippen LogP contribution in [0.15, 0.2) is 13.6 Å². The molecule has 2 nitrogen and oxygen atoms in total. The van der Waals surface area contributed by atoms with Crippen LogP contribution in [0.3, 0.4) is 0 Å². The van der Waals surface area contributed by atoms with Crippen LogP contribution in [0.1, 0.15) is 30.6 Å². The normalized spacial score (nSPS) is 14.6. The zero-order valence-corrected chi connectivity index (χ0v) is 13.7. The summed E-state index contributed by atoms with van der Waals surface area (Å²) in [6.07, 6.45) is 0.797. The van der Waals surface area contributed by atoms with Crippen LogP contribution in [0.2, 0.25) is 0 Å². The summed E-state index contributed by atoms with van der Waals surface area (Å²) in [5.41, 5.74) is 0.286. The number of carbonyl (C=O) groups is 1. The Bertz CT molecular complexity index is 390. The quantitative estimate of drug-likeness (QED) is 0.760. The third kappa shape index (κ3) is 3.45. The number of hydrogen-bond donors (Lipinski definition) is 1. The smallest absolute Gasteiger partial charge is 0.253 e. The van der Waals surface area contributed by atoms with Gasteiger partial charge in [-0.2, -0.15) is 0 Å². The second-order valence-electron chi connectivity index (χ2n) is 3.74. The molecule has 90 valence electrons. The lowest BCUT2D eigenvalue weighted by molar-refractivity contribution is 0.0912. The van der Waals surface area contributed by atoms with Crippen LogP contribution in [-0.2, 0) is 0 Å². The SMILES string of the molecule is CCC(C)(CCl)NC(=O)c1cc(Br)sc1Br. The summed E-state index contributed by atoms with van der Waals surface area (Å²) < 4.78 is 1.75. The van der Waals surface area contributed by atoms with Crippen LogP contribution < -0.4 is 5.32 Å². The topological polar surface area (TPSA) is 29.1 Å². The third-order valence-corrected chi connectivity index (χ3v) is 5.32. The summed E-state index contributed by atoms with van der Waals surface area (Å²) in [6.45, 7) is 3.94. The van der Waals surface area contributed by atoms with Crippen LogP contribution in [0.5, 0.6) is 0 Å². The van der Waals surface area contributed by atoms with Crippen molar-refractivity contribution < 1.29 is 4.79 Å². The molecule has 0 radical (unpaired) electrons. The molecule has 0 bridgehead atoms. The van der Waals surface area contributed by atoms with Crippen LogP contribution in [0.4, 0.5) is 0 Å². The molecule has 0 aliphatic heterocycles. The summed E-state index contributed by atoms with van der Waals surface area (Å²) in [7, 11) is 0. The Labute approximate surface area is 121 Å². The molecule has 1 unspecified atom stereocenters. The van der Waals surface area contributed by atoms with Gasteiger partial charge in [-0.3, -0.25) is 4.79 Å². The van der Waals surface area contributed by atoms with E-state index < -0.39 is 0 Å². The van der Waals surface area contributed by atoms with Crippen LogP contribution in [0, 0.1) is 0 Å². The Morgan fingerprint density at radius 2 is 2.25 bits per heavy atom. The number of alkyl halides is 1. The first-order valence-electron chi connectivity index (χ1n) is 4.75. The van der Waals surface area contributed by atoms with Crippen LogP contribution >= 0.6 is 54.8 Å². The van der Waals surface area contributed by atoms with Gasteiger partial charge in [-0.1, -0.05) is 6.92 Å². The van der Waals surface area contributed by atoms with E-state index in [1.165, 1.54) is 11.3 Å². The van der Waals surface area contributed by atoms with Crippen molar-refractivity contribution in [1.82, 2.24) is 5.32 Å². The third-order valence-electron chi connectivity index (χ3n) is 2.39. The van der Waals surface area contributed by atoms with E-state index in [1.54, 1.807) is 6.07 Å². The Hall–Kier alpha value is 0.420. The number of nitrogens with one attached hydrogen (secondary N) is 1. The fourth-order valence-corrected chi connectivity index (χ4v) is 4.10. The van der Waals surface area contributed by atoms with Gasteiger partial charge in [0.1, 0.15) is 0 Å². The number of rotatable bonds is 4. The van der Waals surface area contributed by atoms with Gasteiger partial charge in [-0.25, -0.2) is 0 Å². The highest BCUT2D eigenvalue weighted by Crippen LogP contribution is 2.32. The lowest BCUT2D eigenvalue weighted by Gasteiger charge is -2.26. The molecule has 1 aromatic heterocycles. The Kier molecular flexibility index (Phi) is 5.29. The van der Waals surface area contributed by atoms with Crippen molar-refractivity contribution in [2.24, 2.45) is 0 Å². The van der Waals surface area contributed by atoms with E-state index in [9.17, 15) is 4.79 Å². The second kappa shape index (κ2) is 5.85. The second-order valence-corrected chi connectivity index (χ2v) is 7.76. The van der Waals surface area contributed by atoms with E-state index in [1.807, 2.05) is 13.8 Å². The Balaban J connectivity index is 2.84. The fourth-order valence-electron chi connectivity index (χ4n) is 1.05. The first kappa shape index (κ1) is 14.5. The average Bonchev–Trinajstić information content (AvgIpc) is 2.57. The first-order valence-corrected chi connectivity index (χ1v) is 7.69. The van der Waals surface area contributed by atoms with Crippen molar-refractivity contribution in [2.75, 3.05) is 5.88 Å². The van der Waals surface area contributed by atoms with Gasteiger partial charge in [0.15, 0.2) is 0 Å². The molecule has 1 aromatic rings. The zero-order valence-electron chi connectivity index (χ0n) is 8.94. The van der Waals surface area contributed by atoms with Gasteiger partial charge in [0.05, 0.1) is 18.7 Å².